The molecule has 0 spiro atoms. The molecule has 0 atom stereocenters. The summed E-state index contributed by atoms with van der Waals surface area (Å²) in [5.74, 6) is 1.09. The van der Waals surface area contributed by atoms with E-state index in [1.54, 1.807) is 6.07 Å². The summed E-state index contributed by atoms with van der Waals surface area (Å²) in [5, 5.41) is 11.2. The second-order valence-corrected chi connectivity index (χ2v) is 5.73. The second-order valence-electron chi connectivity index (χ2n) is 4.42. The number of rotatable bonds is 4. The standard InChI is InChI=1S/C14H14ClN3O2S/c1-8-4-3-5-10(9(8)2)16-12-6-11(15)17-13(18-12)7-21-14(19)20/h3-6H,7H2,1-2H3,(H,19,20)(H,16,17,18). The Kier molecular flexibility index (Phi) is 5.03. The summed E-state index contributed by atoms with van der Waals surface area (Å²) in [5.41, 5.74) is 3.22. The van der Waals surface area contributed by atoms with E-state index in [1.807, 2.05) is 32.0 Å². The van der Waals surface area contributed by atoms with Crippen molar-refractivity contribution in [2.45, 2.75) is 19.6 Å². The maximum absolute atomic E-state index is 10.6. The molecule has 0 aliphatic heterocycles. The molecule has 1 heterocycles. The average molecular weight is 324 g/mol. The summed E-state index contributed by atoms with van der Waals surface area (Å²) in [7, 11) is 0. The Morgan fingerprint density at radius 2 is 2.14 bits per heavy atom. The number of nitrogens with zero attached hydrogens (tertiary/aromatic N) is 2. The number of carbonyl (C=O) groups is 1. The SMILES string of the molecule is Cc1cccc(Nc2cc(Cl)nc(CSC(=O)O)n2)c1C. The van der Waals surface area contributed by atoms with Gasteiger partial charge in [0, 0.05) is 11.8 Å². The fourth-order valence-electron chi connectivity index (χ4n) is 1.74. The number of aryl methyl sites for hydroxylation is 1. The van der Waals surface area contributed by atoms with Gasteiger partial charge in [0.1, 0.15) is 16.8 Å². The number of thioether (sulfide) groups is 1. The molecule has 0 unspecified atom stereocenters. The molecule has 2 rings (SSSR count). The molecule has 110 valence electrons. The molecule has 1 aromatic carbocycles. The van der Waals surface area contributed by atoms with Crippen molar-refractivity contribution in [1.82, 2.24) is 9.97 Å². The molecule has 7 heteroatoms. The van der Waals surface area contributed by atoms with Gasteiger partial charge in [-0.05, 0) is 42.8 Å². The third kappa shape index (κ3) is 4.34. The van der Waals surface area contributed by atoms with E-state index in [4.69, 9.17) is 16.7 Å². The molecular weight excluding hydrogens is 310 g/mol. The first-order chi connectivity index (χ1) is 9.95. The van der Waals surface area contributed by atoms with Gasteiger partial charge in [0.15, 0.2) is 0 Å². The topological polar surface area (TPSA) is 75.1 Å². The fraction of sp³-hybridized carbons (Fsp3) is 0.214. The monoisotopic (exact) mass is 323 g/mol. The lowest BCUT2D eigenvalue weighted by molar-refractivity contribution is 0.222. The molecule has 0 saturated carbocycles. The van der Waals surface area contributed by atoms with Crippen LogP contribution in [0.4, 0.5) is 16.3 Å². The van der Waals surface area contributed by atoms with E-state index in [0.29, 0.717) is 11.6 Å². The maximum atomic E-state index is 10.6. The lowest BCUT2D eigenvalue weighted by Gasteiger charge is -2.11. The molecule has 1 aromatic heterocycles. The second kappa shape index (κ2) is 6.78. The zero-order chi connectivity index (χ0) is 15.4. The van der Waals surface area contributed by atoms with Gasteiger partial charge in [0.05, 0.1) is 5.75 Å². The molecule has 0 fully saturated rings. The highest BCUT2D eigenvalue weighted by Gasteiger charge is 2.08. The molecule has 0 amide bonds. The van der Waals surface area contributed by atoms with Gasteiger partial charge < -0.3 is 10.4 Å². The number of nitrogens with one attached hydrogen (secondary N) is 1. The minimum absolute atomic E-state index is 0.164. The van der Waals surface area contributed by atoms with Gasteiger partial charge in [-0.15, -0.1) is 0 Å². The Hall–Kier alpha value is -1.79. The highest BCUT2D eigenvalue weighted by molar-refractivity contribution is 8.12. The highest BCUT2D eigenvalue weighted by atomic mass is 35.5. The van der Waals surface area contributed by atoms with Crippen molar-refractivity contribution >= 4 is 40.2 Å². The summed E-state index contributed by atoms with van der Waals surface area (Å²) in [6.45, 7) is 4.05. The van der Waals surface area contributed by atoms with E-state index in [-0.39, 0.29) is 10.9 Å². The Labute approximate surface area is 131 Å². The van der Waals surface area contributed by atoms with Crippen LogP contribution in [0, 0.1) is 13.8 Å². The molecule has 2 aromatic rings. The normalized spacial score (nSPS) is 10.4. The predicted molar refractivity (Wildman–Crippen MR) is 85.6 cm³/mol. The van der Waals surface area contributed by atoms with Gasteiger partial charge in [0.25, 0.3) is 0 Å². The van der Waals surface area contributed by atoms with Crippen molar-refractivity contribution in [1.29, 1.82) is 0 Å². The van der Waals surface area contributed by atoms with Crippen LogP contribution in [0.5, 0.6) is 0 Å². The van der Waals surface area contributed by atoms with E-state index in [1.165, 1.54) is 5.56 Å². The van der Waals surface area contributed by atoms with Crippen molar-refractivity contribution in [3.63, 3.8) is 0 Å². The largest absolute Gasteiger partial charge is 0.473 e. The average Bonchev–Trinajstić information content (AvgIpc) is 2.41. The van der Waals surface area contributed by atoms with E-state index in [0.717, 1.165) is 23.0 Å². The maximum Gasteiger partial charge on any atom is 0.365 e. The lowest BCUT2D eigenvalue weighted by Crippen LogP contribution is -2.02. The Balaban J connectivity index is 2.23. The van der Waals surface area contributed by atoms with Gasteiger partial charge in [0.2, 0.25) is 0 Å². The van der Waals surface area contributed by atoms with Crippen LogP contribution in [0.25, 0.3) is 0 Å². The number of benzene rings is 1. The van der Waals surface area contributed by atoms with Crippen molar-refractivity contribution < 1.29 is 9.90 Å². The number of anilines is 2. The fourth-order valence-corrected chi connectivity index (χ4v) is 2.33. The molecule has 0 saturated heterocycles. The van der Waals surface area contributed by atoms with Crippen LogP contribution >= 0.6 is 23.4 Å². The summed E-state index contributed by atoms with van der Waals surface area (Å²) >= 11 is 6.67. The van der Waals surface area contributed by atoms with Crippen molar-refractivity contribution in [3.8, 4) is 0 Å². The van der Waals surface area contributed by atoms with Crippen molar-refractivity contribution in [2.24, 2.45) is 0 Å². The molecular formula is C14H14ClN3O2S. The number of hydrogen-bond donors (Lipinski definition) is 2. The van der Waals surface area contributed by atoms with Gasteiger partial charge in [-0.2, -0.15) is 0 Å². The van der Waals surface area contributed by atoms with Gasteiger partial charge in [-0.3, -0.25) is 0 Å². The van der Waals surface area contributed by atoms with Crippen LogP contribution in [0.3, 0.4) is 0 Å². The van der Waals surface area contributed by atoms with Crippen LogP contribution in [0.2, 0.25) is 5.15 Å². The molecule has 21 heavy (non-hydrogen) atoms. The molecule has 0 aliphatic rings. The van der Waals surface area contributed by atoms with E-state index < -0.39 is 5.30 Å². The summed E-state index contributed by atoms with van der Waals surface area (Å²) in [4.78, 5) is 18.9. The smallest absolute Gasteiger partial charge is 0.365 e. The number of carboxylic acid groups (broad SMARTS) is 1. The van der Waals surface area contributed by atoms with Gasteiger partial charge >= 0.3 is 5.30 Å². The Morgan fingerprint density at radius 3 is 2.86 bits per heavy atom. The summed E-state index contributed by atoms with van der Waals surface area (Å²) in [6.07, 6.45) is 0. The minimum atomic E-state index is -0.970. The molecule has 0 aliphatic carbocycles. The van der Waals surface area contributed by atoms with Gasteiger partial charge in [-0.1, -0.05) is 23.7 Å². The third-order valence-corrected chi connectivity index (χ3v) is 3.78. The first-order valence-electron chi connectivity index (χ1n) is 6.18. The highest BCUT2D eigenvalue weighted by Crippen LogP contribution is 2.23. The zero-order valence-corrected chi connectivity index (χ0v) is 13.1. The predicted octanol–water partition coefficient (Wildman–Crippen LogP) is 4.40. The first kappa shape index (κ1) is 15.6. The van der Waals surface area contributed by atoms with E-state index in [9.17, 15) is 4.79 Å². The molecule has 2 N–H and O–H groups in total. The van der Waals surface area contributed by atoms with E-state index >= 15 is 0 Å². The van der Waals surface area contributed by atoms with Crippen LogP contribution in [-0.4, -0.2) is 20.4 Å². The van der Waals surface area contributed by atoms with E-state index in [2.05, 4.69) is 15.3 Å². The number of halogens is 1. The van der Waals surface area contributed by atoms with Crippen LogP contribution in [0.15, 0.2) is 24.3 Å². The lowest BCUT2D eigenvalue weighted by atomic mass is 10.1. The third-order valence-electron chi connectivity index (χ3n) is 2.93. The van der Waals surface area contributed by atoms with Gasteiger partial charge in [-0.25, -0.2) is 14.8 Å². The molecule has 0 radical (unpaired) electrons. The zero-order valence-electron chi connectivity index (χ0n) is 11.6. The number of hydrogen-bond acceptors (Lipinski definition) is 5. The van der Waals surface area contributed by atoms with Crippen LogP contribution in [-0.2, 0) is 5.75 Å². The summed E-state index contributed by atoms with van der Waals surface area (Å²) in [6, 6.07) is 7.54. The minimum Gasteiger partial charge on any atom is -0.473 e. The van der Waals surface area contributed by atoms with Crippen LogP contribution in [0.1, 0.15) is 17.0 Å². The Bertz CT molecular complexity index is 679. The number of aromatic nitrogens is 2. The quantitative estimate of drug-likeness (QED) is 0.812. The first-order valence-corrected chi connectivity index (χ1v) is 7.54. The molecule has 0 bridgehead atoms. The van der Waals surface area contributed by atoms with Crippen molar-refractivity contribution in [3.05, 3.63) is 46.4 Å². The van der Waals surface area contributed by atoms with Crippen molar-refractivity contribution in [2.75, 3.05) is 5.32 Å². The Morgan fingerprint density at radius 1 is 1.38 bits per heavy atom. The molecule has 5 nitrogen and oxygen atoms in total. The summed E-state index contributed by atoms with van der Waals surface area (Å²) < 4.78 is 0. The van der Waals surface area contributed by atoms with Crippen LogP contribution < -0.4 is 5.32 Å².